The zero-order valence-electron chi connectivity index (χ0n) is 16.9. The maximum absolute atomic E-state index is 4.36. The van der Waals surface area contributed by atoms with E-state index in [0.29, 0.717) is 5.82 Å². The minimum absolute atomic E-state index is 0.685. The Labute approximate surface area is 187 Å². The molecule has 0 radical (unpaired) electrons. The maximum atomic E-state index is 4.36. The summed E-state index contributed by atoms with van der Waals surface area (Å²) in [6, 6.07) is 30.3. The molecular formula is C27H16N4S. The quantitative estimate of drug-likeness (QED) is 0.298. The van der Waals surface area contributed by atoms with Gasteiger partial charge < -0.3 is 4.57 Å². The summed E-state index contributed by atoms with van der Waals surface area (Å²) in [6.45, 7) is 0. The SMILES string of the molecule is c1ccc(-n2c3ccc(-c4ncncn4)cc3c3ccc4sc5ccccc5c4c32)cc1. The molecule has 7 aromatic rings. The van der Waals surface area contributed by atoms with Crippen molar-refractivity contribution in [2.45, 2.75) is 0 Å². The minimum atomic E-state index is 0.685. The van der Waals surface area contributed by atoms with E-state index in [4.69, 9.17) is 0 Å². The predicted molar refractivity (Wildman–Crippen MR) is 132 cm³/mol. The molecule has 0 bridgehead atoms. The van der Waals surface area contributed by atoms with Gasteiger partial charge in [-0.25, -0.2) is 15.0 Å². The summed E-state index contributed by atoms with van der Waals surface area (Å²) in [6.07, 6.45) is 3.08. The fourth-order valence-electron chi connectivity index (χ4n) is 4.69. The van der Waals surface area contributed by atoms with Gasteiger partial charge in [0.15, 0.2) is 5.82 Å². The van der Waals surface area contributed by atoms with Crippen molar-refractivity contribution in [3.05, 3.63) is 97.6 Å². The summed E-state index contributed by atoms with van der Waals surface area (Å²) < 4.78 is 5.01. The maximum Gasteiger partial charge on any atom is 0.162 e. The second-order valence-corrected chi connectivity index (χ2v) is 8.88. The Kier molecular flexibility index (Phi) is 3.68. The average molecular weight is 429 g/mol. The number of aromatic nitrogens is 4. The second kappa shape index (κ2) is 6.70. The second-order valence-electron chi connectivity index (χ2n) is 7.80. The van der Waals surface area contributed by atoms with Crippen molar-refractivity contribution in [2.75, 3.05) is 0 Å². The normalized spacial score (nSPS) is 11.8. The molecule has 0 saturated heterocycles. The fraction of sp³-hybridized carbons (Fsp3) is 0. The fourth-order valence-corrected chi connectivity index (χ4v) is 5.80. The third kappa shape index (κ3) is 2.46. The molecule has 0 atom stereocenters. The van der Waals surface area contributed by atoms with Crippen molar-refractivity contribution < 1.29 is 0 Å². The summed E-state index contributed by atoms with van der Waals surface area (Å²) in [7, 11) is 0. The molecule has 4 nitrogen and oxygen atoms in total. The molecule has 0 spiro atoms. The molecule has 0 amide bonds. The highest BCUT2D eigenvalue weighted by atomic mass is 32.1. The van der Waals surface area contributed by atoms with Gasteiger partial charge in [-0.2, -0.15) is 0 Å². The van der Waals surface area contributed by atoms with Gasteiger partial charge in [0.1, 0.15) is 12.7 Å². The first-order chi connectivity index (χ1) is 15.9. The Balaban J connectivity index is 1.69. The van der Waals surface area contributed by atoms with Gasteiger partial charge in [0.05, 0.1) is 11.0 Å². The van der Waals surface area contributed by atoms with E-state index in [1.54, 1.807) is 12.7 Å². The van der Waals surface area contributed by atoms with Crippen molar-refractivity contribution in [3.63, 3.8) is 0 Å². The highest BCUT2D eigenvalue weighted by Gasteiger charge is 2.18. The molecule has 32 heavy (non-hydrogen) atoms. The summed E-state index contributed by atoms with van der Waals surface area (Å²) in [5, 5.41) is 5.04. The van der Waals surface area contributed by atoms with E-state index in [2.05, 4.69) is 104 Å². The number of thiophene rings is 1. The standard InChI is InChI=1S/C27H16N4S/c1-2-6-18(7-3-1)31-22-12-10-17(27-29-15-28-16-30-27)14-21(22)19-11-13-24-25(26(19)31)20-8-4-5-9-23(20)32-24/h1-16H. The first-order valence-corrected chi connectivity index (χ1v) is 11.3. The summed E-state index contributed by atoms with van der Waals surface area (Å²) in [4.78, 5) is 12.7. The molecule has 0 aliphatic carbocycles. The molecule has 0 fully saturated rings. The van der Waals surface area contributed by atoms with Crippen LogP contribution in [0.3, 0.4) is 0 Å². The lowest BCUT2D eigenvalue weighted by atomic mass is 10.1. The minimum Gasteiger partial charge on any atom is -0.309 e. The Hall–Kier alpha value is -4.09. The molecule has 4 aromatic carbocycles. The van der Waals surface area contributed by atoms with Gasteiger partial charge in [-0.05, 0) is 42.5 Å². The number of nitrogens with zero attached hydrogens (tertiary/aromatic N) is 4. The molecule has 7 rings (SSSR count). The molecule has 3 aromatic heterocycles. The smallest absolute Gasteiger partial charge is 0.162 e. The zero-order valence-corrected chi connectivity index (χ0v) is 17.8. The van der Waals surface area contributed by atoms with Crippen LogP contribution >= 0.6 is 11.3 Å². The first kappa shape index (κ1) is 17.6. The number of fused-ring (bicyclic) bond motifs is 7. The van der Waals surface area contributed by atoms with Gasteiger partial charge in [0, 0.05) is 42.2 Å². The van der Waals surface area contributed by atoms with Crippen LogP contribution in [-0.4, -0.2) is 19.5 Å². The average Bonchev–Trinajstić information content (AvgIpc) is 3.40. The van der Waals surface area contributed by atoms with E-state index in [0.717, 1.165) is 11.3 Å². The molecule has 0 saturated carbocycles. The van der Waals surface area contributed by atoms with Crippen molar-refractivity contribution in [3.8, 4) is 17.1 Å². The van der Waals surface area contributed by atoms with Crippen molar-refractivity contribution in [2.24, 2.45) is 0 Å². The van der Waals surface area contributed by atoms with E-state index in [9.17, 15) is 0 Å². The Morgan fingerprint density at radius 1 is 0.656 bits per heavy atom. The third-order valence-corrected chi connectivity index (χ3v) is 7.17. The lowest BCUT2D eigenvalue weighted by Gasteiger charge is -2.09. The van der Waals surface area contributed by atoms with Crippen molar-refractivity contribution in [1.29, 1.82) is 0 Å². The number of benzene rings is 4. The van der Waals surface area contributed by atoms with Gasteiger partial charge in [-0.15, -0.1) is 11.3 Å². The van der Waals surface area contributed by atoms with E-state index in [1.165, 1.54) is 42.0 Å². The van der Waals surface area contributed by atoms with E-state index < -0.39 is 0 Å². The van der Waals surface area contributed by atoms with Crippen molar-refractivity contribution >= 4 is 53.3 Å². The first-order valence-electron chi connectivity index (χ1n) is 10.4. The van der Waals surface area contributed by atoms with Crippen LogP contribution in [0.1, 0.15) is 0 Å². The van der Waals surface area contributed by atoms with Crippen LogP contribution < -0.4 is 0 Å². The van der Waals surface area contributed by atoms with Gasteiger partial charge in [-0.1, -0.05) is 42.5 Å². The van der Waals surface area contributed by atoms with E-state index in [-0.39, 0.29) is 0 Å². The van der Waals surface area contributed by atoms with Crippen LogP contribution in [0.25, 0.3) is 59.1 Å². The highest BCUT2D eigenvalue weighted by Crippen LogP contribution is 2.43. The van der Waals surface area contributed by atoms with Gasteiger partial charge >= 0.3 is 0 Å². The summed E-state index contributed by atoms with van der Waals surface area (Å²) in [5.74, 6) is 0.685. The lowest BCUT2D eigenvalue weighted by molar-refractivity contribution is 1.06. The molecule has 150 valence electrons. The van der Waals surface area contributed by atoms with Crippen LogP contribution in [0.5, 0.6) is 0 Å². The summed E-state index contributed by atoms with van der Waals surface area (Å²) in [5.41, 5.74) is 4.56. The molecule has 5 heteroatoms. The topological polar surface area (TPSA) is 43.6 Å². The van der Waals surface area contributed by atoms with Crippen LogP contribution in [0.2, 0.25) is 0 Å². The van der Waals surface area contributed by atoms with Crippen molar-refractivity contribution in [1.82, 2.24) is 19.5 Å². The van der Waals surface area contributed by atoms with E-state index in [1.807, 2.05) is 11.3 Å². The Bertz CT molecular complexity index is 1770. The third-order valence-electron chi connectivity index (χ3n) is 6.03. The van der Waals surface area contributed by atoms with Gasteiger partial charge in [0.25, 0.3) is 0 Å². The molecular weight excluding hydrogens is 412 g/mol. The van der Waals surface area contributed by atoms with Crippen LogP contribution in [-0.2, 0) is 0 Å². The Morgan fingerprint density at radius 3 is 2.34 bits per heavy atom. The molecule has 0 aliphatic heterocycles. The van der Waals surface area contributed by atoms with Gasteiger partial charge in [0.2, 0.25) is 0 Å². The lowest BCUT2D eigenvalue weighted by Crippen LogP contribution is -1.94. The van der Waals surface area contributed by atoms with Crippen LogP contribution in [0.4, 0.5) is 0 Å². The Morgan fingerprint density at radius 2 is 1.47 bits per heavy atom. The molecule has 0 N–H and O–H groups in total. The van der Waals surface area contributed by atoms with Gasteiger partial charge in [-0.3, -0.25) is 0 Å². The predicted octanol–water partition coefficient (Wildman–Crippen LogP) is 7.00. The summed E-state index contributed by atoms with van der Waals surface area (Å²) >= 11 is 1.85. The number of hydrogen-bond acceptors (Lipinski definition) is 4. The number of hydrogen-bond donors (Lipinski definition) is 0. The van der Waals surface area contributed by atoms with Crippen LogP contribution in [0.15, 0.2) is 97.6 Å². The van der Waals surface area contributed by atoms with E-state index >= 15 is 0 Å². The van der Waals surface area contributed by atoms with Crippen LogP contribution in [0, 0.1) is 0 Å². The monoisotopic (exact) mass is 428 g/mol. The zero-order chi connectivity index (χ0) is 21.1. The highest BCUT2D eigenvalue weighted by molar-refractivity contribution is 7.26. The largest absolute Gasteiger partial charge is 0.309 e. The molecule has 0 aliphatic rings. The molecule has 0 unspecified atom stereocenters. The number of para-hydroxylation sites is 1. The number of rotatable bonds is 2. The molecule has 3 heterocycles.